The van der Waals surface area contributed by atoms with Crippen LogP contribution in [-0.2, 0) is 11.2 Å². The molecule has 92 valence electrons. The molecule has 1 aromatic rings. The number of benzene rings is 1. The van der Waals surface area contributed by atoms with E-state index in [-0.39, 0.29) is 16.2 Å². The second-order valence-corrected chi connectivity index (χ2v) is 5.52. The van der Waals surface area contributed by atoms with Crippen molar-refractivity contribution >= 4 is 17.4 Å². The van der Waals surface area contributed by atoms with Gasteiger partial charge in [-0.25, -0.2) is 4.39 Å². The minimum Gasteiger partial charge on any atom is -0.299 e. The van der Waals surface area contributed by atoms with Crippen LogP contribution in [0.2, 0.25) is 5.02 Å². The summed E-state index contributed by atoms with van der Waals surface area (Å²) in [4.78, 5) is 12.2. The number of rotatable bonds is 3. The highest BCUT2D eigenvalue weighted by molar-refractivity contribution is 6.30. The van der Waals surface area contributed by atoms with Crippen molar-refractivity contribution in [2.24, 2.45) is 5.41 Å². The molecule has 1 aromatic carbocycles. The lowest BCUT2D eigenvalue weighted by Crippen LogP contribution is -2.25. The van der Waals surface area contributed by atoms with Crippen molar-refractivity contribution in [1.29, 1.82) is 0 Å². The average Bonchev–Trinajstić information content (AvgIpc) is 2.72. The fraction of sp³-hybridized carbons (Fsp3) is 0.500. The molecular weight excluding hydrogens is 239 g/mol. The van der Waals surface area contributed by atoms with Crippen LogP contribution in [0.1, 0.15) is 38.2 Å². The van der Waals surface area contributed by atoms with Crippen LogP contribution in [-0.4, -0.2) is 5.78 Å². The number of hydrogen-bond donors (Lipinski definition) is 0. The zero-order valence-corrected chi connectivity index (χ0v) is 10.7. The van der Waals surface area contributed by atoms with Gasteiger partial charge in [0.15, 0.2) is 0 Å². The maximum atomic E-state index is 13.3. The molecule has 3 heteroatoms. The molecule has 17 heavy (non-hydrogen) atoms. The van der Waals surface area contributed by atoms with Gasteiger partial charge in [0.05, 0.1) is 5.02 Å². The molecule has 0 aromatic heterocycles. The third kappa shape index (κ3) is 2.68. The van der Waals surface area contributed by atoms with Gasteiger partial charge >= 0.3 is 0 Å². The van der Waals surface area contributed by atoms with Crippen LogP contribution in [0.4, 0.5) is 4.39 Å². The van der Waals surface area contributed by atoms with Crippen LogP contribution in [0, 0.1) is 11.2 Å². The highest BCUT2D eigenvalue weighted by Crippen LogP contribution is 2.39. The minimum absolute atomic E-state index is 0.105. The van der Waals surface area contributed by atoms with Gasteiger partial charge in [0.25, 0.3) is 0 Å². The Labute approximate surface area is 106 Å². The lowest BCUT2D eigenvalue weighted by atomic mass is 9.81. The minimum atomic E-state index is -0.450. The summed E-state index contributed by atoms with van der Waals surface area (Å²) in [6, 6.07) is 4.59. The van der Waals surface area contributed by atoms with Crippen molar-refractivity contribution in [2.45, 2.75) is 39.0 Å². The second kappa shape index (κ2) is 4.77. The number of carbonyl (C=O) groups is 1. The summed E-state index contributed by atoms with van der Waals surface area (Å²) in [5, 5.41) is 0.105. The van der Waals surface area contributed by atoms with Gasteiger partial charge in [0.1, 0.15) is 11.6 Å². The Morgan fingerprint density at radius 2 is 2.06 bits per heavy atom. The van der Waals surface area contributed by atoms with Crippen LogP contribution >= 0.6 is 11.6 Å². The largest absolute Gasteiger partial charge is 0.299 e. The molecule has 0 heterocycles. The molecule has 0 spiro atoms. The third-order valence-electron chi connectivity index (χ3n) is 3.73. The van der Waals surface area contributed by atoms with Gasteiger partial charge in [-0.05, 0) is 30.5 Å². The van der Waals surface area contributed by atoms with E-state index in [1.165, 1.54) is 12.1 Å². The number of hydrogen-bond acceptors (Lipinski definition) is 1. The molecule has 0 N–H and O–H groups in total. The lowest BCUT2D eigenvalue weighted by molar-refractivity contribution is -0.126. The summed E-state index contributed by atoms with van der Waals surface area (Å²) in [6.45, 7) is 2.02. The Morgan fingerprint density at radius 3 is 2.65 bits per heavy atom. The summed E-state index contributed by atoms with van der Waals surface area (Å²) in [5.74, 6) is -0.231. The average molecular weight is 255 g/mol. The first-order chi connectivity index (χ1) is 8.01. The van der Waals surface area contributed by atoms with E-state index in [2.05, 4.69) is 0 Å². The van der Waals surface area contributed by atoms with Crippen LogP contribution in [0.15, 0.2) is 18.2 Å². The summed E-state index contributed by atoms with van der Waals surface area (Å²) >= 11 is 5.61. The number of halogens is 2. The van der Waals surface area contributed by atoms with Crippen LogP contribution in [0.3, 0.4) is 0 Å². The molecule has 0 aliphatic heterocycles. The molecule has 0 amide bonds. The van der Waals surface area contributed by atoms with E-state index in [1.807, 2.05) is 6.92 Å². The van der Waals surface area contributed by atoms with Crippen molar-refractivity contribution in [2.75, 3.05) is 0 Å². The van der Waals surface area contributed by atoms with Gasteiger partial charge in [-0.2, -0.15) is 0 Å². The van der Waals surface area contributed by atoms with Gasteiger partial charge in [0, 0.05) is 11.8 Å². The fourth-order valence-corrected chi connectivity index (χ4v) is 2.60. The number of Topliss-reactive ketones (excluding diaryl/α,β-unsaturated/α-hetero) is 1. The van der Waals surface area contributed by atoms with Crippen molar-refractivity contribution in [1.82, 2.24) is 0 Å². The summed E-state index contributed by atoms with van der Waals surface area (Å²) in [7, 11) is 0. The van der Waals surface area contributed by atoms with Crippen LogP contribution in [0.5, 0.6) is 0 Å². The van der Waals surface area contributed by atoms with E-state index in [0.29, 0.717) is 12.0 Å². The topological polar surface area (TPSA) is 17.1 Å². The zero-order valence-electron chi connectivity index (χ0n) is 9.93. The lowest BCUT2D eigenvalue weighted by Gasteiger charge is -2.21. The van der Waals surface area contributed by atoms with Crippen molar-refractivity contribution < 1.29 is 9.18 Å². The molecule has 1 aliphatic rings. The Kier molecular flexibility index (Phi) is 3.53. The second-order valence-electron chi connectivity index (χ2n) is 5.12. The van der Waals surface area contributed by atoms with E-state index in [1.54, 1.807) is 6.07 Å². The molecule has 1 aliphatic carbocycles. The Morgan fingerprint density at radius 1 is 1.41 bits per heavy atom. The van der Waals surface area contributed by atoms with E-state index >= 15 is 0 Å². The molecule has 2 rings (SSSR count). The monoisotopic (exact) mass is 254 g/mol. The van der Waals surface area contributed by atoms with Gasteiger partial charge in [-0.3, -0.25) is 4.79 Å². The predicted molar refractivity (Wildman–Crippen MR) is 66.7 cm³/mol. The van der Waals surface area contributed by atoms with E-state index in [9.17, 15) is 9.18 Å². The molecule has 0 radical (unpaired) electrons. The maximum absolute atomic E-state index is 13.3. The van der Waals surface area contributed by atoms with Gasteiger partial charge < -0.3 is 0 Å². The first kappa shape index (κ1) is 12.6. The van der Waals surface area contributed by atoms with Crippen molar-refractivity contribution in [3.05, 3.63) is 34.6 Å². The first-order valence-electron chi connectivity index (χ1n) is 5.98. The fourth-order valence-electron chi connectivity index (χ4n) is 2.48. The summed E-state index contributed by atoms with van der Waals surface area (Å²) in [6.07, 6.45) is 4.48. The summed E-state index contributed by atoms with van der Waals surface area (Å²) in [5.41, 5.74) is 0.515. The molecule has 0 bridgehead atoms. The smallest absolute Gasteiger partial charge is 0.143 e. The normalized spacial score (nSPS) is 18.3. The number of ketones is 1. The molecule has 0 unspecified atom stereocenters. The van der Waals surface area contributed by atoms with Gasteiger partial charge in [0.2, 0.25) is 0 Å². The molecule has 1 nitrogen and oxygen atoms in total. The zero-order chi connectivity index (χ0) is 12.5. The third-order valence-corrected chi connectivity index (χ3v) is 4.04. The van der Waals surface area contributed by atoms with E-state index in [4.69, 9.17) is 11.6 Å². The van der Waals surface area contributed by atoms with E-state index < -0.39 is 5.82 Å². The molecule has 0 saturated heterocycles. The Bertz CT molecular complexity index is 436. The summed E-state index contributed by atoms with van der Waals surface area (Å²) < 4.78 is 13.3. The van der Waals surface area contributed by atoms with Gasteiger partial charge in [-0.15, -0.1) is 0 Å². The maximum Gasteiger partial charge on any atom is 0.143 e. The Balaban J connectivity index is 2.10. The van der Waals surface area contributed by atoms with Crippen molar-refractivity contribution in [3.63, 3.8) is 0 Å². The quantitative estimate of drug-likeness (QED) is 0.791. The Hall–Kier alpha value is -0.890. The van der Waals surface area contributed by atoms with Gasteiger partial charge in [-0.1, -0.05) is 37.4 Å². The SMILES string of the molecule is CC1(C(=O)Cc2ccc(Cl)c(F)c2)CCCC1. The molecular formula is C14H16ClFO. The van der Waals surface area contributed by atoms with Crippen molar-refractivity contribution in [3.8, 4) is 0 Å². The molecule has 1 saturated carbocycles. The number of carbonyl (C=O) groups excluding carboxylic acids is 1. The standard InChI is InChI=1S/C14H16ClFO/c1-14(6-2-3-7-14)13(17)9-10-4-5-11(15)12(16)8-10/h4-5,8H,2-3,6-7,9H2,1H3. The predicted octanol–water partition coefficient (Wildman–Crippen LogP) is 4.17. The molecule has 1 fully saturated rings. The van der Waals surface area contributed by atoms with Crippen LogP contribution in [0.25, 0.3) is 0 Å². The van der Waals surface area contributed by atoms with E-state index in [0.717, 1.165) is 25.7 Å². The molecule has 0 atom stereocenters. The first-order valence-corrected chi connectivity index (χ1v) is 6.36. The van der Waals surface area contributed by atoms with Crippen LogP contribution < -0.4 is 0 Å². The highest BCUT2D eigenvalue weighted by Gasteiger charge is 2.35. The highest BCUT2D eigenvalue weighted by atomic mass is 35.5.